The molecule has 3 aromatic carbocycles. The first-order valence-electron chi connectivity index (χ1n) is 11.1. The maximum atomic E-state index is 3.79. The molecular formula is C27H33N3. The fourth-order valence-corrected chi connectivity index (χ4v) is 4.31. The van der Waals surface area contributed by atoms with Crippen molar-refractivity contribution in [1.82, 2.24) is 4.90 Å². The predicted molar refractivity (Wildman–Crippen MR) is 128 cm³/mol. The minimum Gasteiger partial charge on any atom is -0.374 e. The largest absolute Gasteiger partial charge is 0.374 e. The van der Waals surface area contributed by atoms with Crippen LogP contribution in [0.2, 0.25) is 0 Å². The summed E-state index contributed by atoms with van der Waals surface area (Å²) in [6.07, 6.45) is 0. The Bertz CT molecular complexity index is 860. The molecule has 0 radical (unpaired) electrons. The van der Waals surface area contributed by atoms with Crippen LogP contribution >= 0.6 is 0 Å². The molecule has 0 amide bonds. The van der Waals surface area contributed by atoms with E-state index in [2.05, 4.69) is 114 Å². The van der Waals surface area contributed by atoms with E-state index in [0.717, 1.165) is 37.8 Å². The van der Waals surface area contributed by atoms with Gasteiger partial charge in [-0.1, -0.05) is 80.6 Å². The zero-order chi connectivity index (χ0) is 20.8. The lowest BCUT2D eigenvalue weighted by Crippen LogP contribution is -2.47. The number of nitrogens with zero attached hydrogens (tertiary/aromatic N) is 2. The van der Waals surface area contributed by atoms with Crippen molar-refractivity contribution in [2.45, 2.75) is 19.9 Å². The molecular weight excluding hydrogens is 366 g/mol. The second kappa shape index (κ2) is 9.82. The molecule has 0 saturated carbocycles. The Hall–Kier alpha value is -2.78. The lowest BCUT2D eigenvalue weighted by Gasteiger charge is -2.37. The zero-order valence-corrected chi connectivity index (χ0v) is 18.2. The van der Waals surface area contributed by atoms with Crippen molar-refractivity contribution in [3.05, 3.63) is 96.1 Å². The van der Waals surface area contributed by atoms with Gasteiger partial charge in [-0.25, -0.2) is 0 Å². The van der Waals surface area contributed by atoms with Gasteiger partial charge in [0.05, 0.1) is 6.04 Å². The summed E-state index contributed by atoms with van der Waals surface area (Å²) in [6, 6.07) is 30.4. The molecule has 1 N–H and O–H groups in total. The average molecular weight is 400 g/mol. The smallest absolute Gasteiger partial charge is 0.0767 e. The van der Waals surface area contributed by atoms with Crippen LogP contribution in [0.4, 0.5) is 11.4 Å². The van der Waals surface area contributed by atoms with Crippen molar-refractivity contribution in [2.75, 3.05) is 42.9 Å². The number of nitrogens with one attached hydrogen (secondary N) is 1. The maximum Gasteiger partial charge on any atom is 0.0767 e. The van der Waals surface area contributed by atoms with E-state index in [4.69, 9.17) is 0 Å². The number of benzene rings is 3. The van der Waals surface area contributed by atoms with Crippen molar-refractivity contribution in [1.29, 1.82) is 0 Å². The summed E-state index contributed by atoms with van der Waals surface area (Å²) in [5.74, 6) is 0.733. The van der Waals surface area contributed by atoms with Gasteiger partial charge < -0.3 is 10.2 Å². The molecule has 0 unspecified atom stereocenters. The van der Waals surface area contributed by atoms with Crippen molar-refractivity contribution < 1.29 is 0 Å². The monoisotopic (exact) mass is 399 g/mol. The standard InChI is InChI=1S/C27H33N3/c1-22(2)21-29-16-18-30(19-17-29)26-15-9-14-25(20-26)28-27(23-10-5-3-6-11-23)24-12-7-4-8-13-24/h3-15,20,22,27-28H,16-19,21H2,1-2H3. The Morgan fingerprint density at radius 3 is 1.90 bits per heavy atom. The summed E-state index contributed by atoms with van der Waals surface area (Å²) in [6.45, 7) is 10.3. The molecule has 30 heavy (non-hydrogen) atoms. The molecule has 1 saturated heterocycles. The van der Waals surface area contributed by atoms with Gasteiger partial charge in [-0.15, -0.1) is 0 Å². The van der Waals surface area contributed by atoms with Crippen LogP contribution in [0.1, 0.15) is 31.0 Å². The minimum absolute atomic E-state index is 0.130. The molecule has 3 aromatic rings. The van der Waals surface area contributed by atoms with Gasteiger partial charge in [0.1, 0.15) is 0 Å². The quantitative estimate of drug-likeness (QED) is 0.552. The first kappa shape index (κ1) is 20.5. The predicted octanol–water partition coefficient (Wildman–Crippen LogP) is 5.67. The Morgan fingerprint density at radius 2 is 1.33 bits per heavy atom. The van der Waals surface area contributed by atoms with Gasteiger partial charge >= 0.3 is 0 Å². The summed E-state index contributed by atoms with van der Waals surface area (Å²) in [7, 11) is 0. The van der Waals surface area contributed by atoms with Crippen molar-refractivity contribution >= 4 is 11.4 Å². The van der Waals surface area contributed by atoms with Crippen molar-refractivity contribution in [3.63, 3.8) is 0 Å². The second-order valence-electron chi connectivity index (χ2n) is 8.63. The van der Waals surface area contributed by atoms with Gasteiger partial charge in [-0.05, 0) is 35.2 Å². The van der Waals surface area contributed by atoms with E-state index in [1.54, 1.807) is 0 Å². The van der Waals surface area contributed by atoms with E-state index >= 15 is 0 Å². The molecule has 1 aliphatic heterocycles. The van der Waals surface area contributed by atoms with Gasteiger partial charge in [0.15, 0.2) is 0 Å². The molecule has 1 heterocycles. The molecule has 0 bridgehead atoms. The van der Waals surface area contributed by atoms with Crippen LogP contribution in [0.3, 0.4) is 0 Å². The highest BCUT2D eigenvalue weighted by molar-refractivity contribution is 5.60. The molecule has 0 spiro atoms. The van der Waals surface area contributed by atoms with E-state index in [9.17, 15) is 0 Å². The molecule has 0 atom stereocenters. The number of anilines is 2. The fourth-order valence-electron chi connectivity index (χ4n) is 4.31. The zero-order valence-electron chi connectivity index (χ0n) is 18.2. The second-order valence-corrected chi connectivity index (χ2v) is 8.63. The molecule has 3 nitrogen and oxygen atoms in total. The van der Waals surface area contributed by atoms with Crippen LogP contribution in [-0.4, -0.2) is 37.6 Å². The van der Waals surface area contributed by atoms with Crippen molar-refractivity contribution in [2.24, 2.45) is 5.92 Å². The van der Waals surface area contributed by atoms with Crippen molar-refractivity contribution in [3.8, 4) is 0 Å². The Balaban J connectivity index is 1.50. The van der Waals surface area contributed by atoms with Gasteiger partial charge in [0, 0.05) is 44.1 Å². The lowest BCUT2D eigenvalue weighted by molar-refractivity contribution is 0.231. The van der Waals surface area contributed by atoms with Crippen LogP contribution in [0.15, 0.2) is 84.9 Å². The summed E-state index contributed by atoms with van der Waals surface area (Å²) < 4.78 is 0. The summed E-state index contributed by atoms with van der Waals surface area (Å²) in [4.78, 5) is 5.10. The minimum atomic E-state index is 0.130. The molecule has 1 fully saturated rings. The number of rotatable bonds is 7. The number of hydrogen-bond donors (Lipinski definition) is 1. The Kier molecular flexibility index (Phi) is 6.70. The average Bonchev–Trinajstić information content (AvgIpc) is 2.79. The molecule has 3 heteroatoms. The Labute approximate surface area is 181 Å². The molecule has 156 valence electrons. The molecule has 0 aliphatic carbocycles. The summed E-state index contributed by atoms with van der Waals surface area (Å²) in [5.41, 5.74) is 5.02. The van der Waals surface area contributed by atoms with E-state index in [0.29, 0.717) is 0 Å². The summed E-state index contributed by atoms with van der Waals surface area (Å²) in [5, 5.41) is 3.79. The van der Waals surface area contributed by atoms with Crippen LogP contribution in [0, 0.1) is 5.92 Å². The highest BCUT2D eigenvalue weighted by atomic mass is 15.3. The van der Waals surface area contributed by atoms with Crippen LogP contribution < -0.4 is 10.2 Å². The normalized spacial score (nSPS) is 15.0. The van der Waals surface area contributed by atoms with E-state index in [1.807, 2.05) is 0 Å². The fraction of sp³-hybridized carbons (Fsp3) is 0.333. The third-order valence-electron chi connectivity index (χ3n) is 5.78. The van der Waals surface area contributed by atoms with Gasteiger partial charge in [-0.3, -0.25) is 4.90 Å². The maximum absolute atomic E-state index is 3.79. The molecule has 1 aliphatic rings. The van der Waals surface area contributed by atoms with Crippen LogP contribution in [0.5, 0.6) is 0 Å². The highest BCUT2D eigenvalue weighted by Crippen LogP contribution is 2.29. The first-order valence-corrected chi connectivity index (χ1v) is 11.1. The number of piperazine rings is 1. The van der Waals surface area contributed by atoms with E-state index in [1.165, 1.54) is 23.4 Å². The third kappa shape index (κ3) is 5.22. The number of hydrogen-bond acceptors (Lipinski definition) is 3. The summed E-state index contributed by atoms with van der Waals surface area (Å²) >= 11 is 0. The molecule has 0 aromatic heterocycles. The van der Waals surface area contributed by atoms with Gasteiger partial charge in [0.25, 0.3) is 0 Å². The van der Waals surface area contributed by atoms with Gasteiger partial charge in [-0.2, -0.15) is 0 Å². The van der Waals surface area contributed by atoms with Crippen LogP contribution in [0.25, 0.3) is 0 Å². The van der Waals surface area contributed by atoms with E-state index < -0.39 is 0 Å². The SMILES string of the molecule is CC(C)CN1CCN(c2cccc(NC(c3ccccc3)c3ccccc3)c2)CC1. The molecule has 4 rings (SSSR count). The topological polar surface area (TPSA) is 18.5 Å². The lowest BCUT2D eigenvalue weighted by atomic mass is 9.98. The first-order chi connectivity index (χ1) is 14.7. The van der Waals surface area contributed by atoms with Crippen LogP contribution in [-0.2, 0) is 0 Å². The highest BCUT2D eigenvalue weighted by Gasteiger charge is 2.19. The third-order valence-corrected chi connectivity index (χ3v) is 5.78. The Morgan fingerprint density at radius 1 is 0.733 bits per heavy atom. The van der Waals surface area contributed by atoms with E-state index in [-0.39, 0.29) is 6.04 Å². The van der Waals surface area contributed by atoms with Gasteiger partial charge in [0.2, 0.25) is 0 Å².